The summed E-state index contributed by atoms with van der Waals surface area (Å²) >= 11 is 12.0. The fourth-order valence-corrected chi connectivity index (χ4v) is 4.99. The summed E-state index contributed by atoms with van der Waals surface area (Å²) in [5.74, 6) is -0.0729. The lowest BCUT2D eigenvalue weighted by Crippen LogP contribution is -2.59. The number of sulfonamides is 1. The molecule has 29 heavy (non-hydrogen) atoms. The molecule has 0 saturated carbocycles. The van der Waals surface area contributed by atoms with E-state index in [9.17, 15) is 18.3 Å². The SMILES string of the molecule is CS(=O)(=O)N1CCN(C(=O)Cc2ccc(Cl)c(Cl)c2)C(CN2CCC(O)C2)C1.Cl. The summed E-state index contributed by atoms with van der Waals surface area (Å²) in [6.45, 7) is 2.71. The fourth-order valence-electron chi connectivity index (χ4n) is 3.81. The van der Waals surface area contributed by atoms with Crippen molar-refractivity contribution in [3.8, 4) is 0 Å². The van der Waals surface area contributed by atoms with Crippen LogP contribution in [0.25, 0.3) is 0 Å². The first-order valence-electron chi connectivity index (χ1n) is 9.22. The summed E-state index contributed by atoms with van der Waals surface area (Å²) in [7, 11) is -3.33. The summed E-state index contributed by atoms with van der Waals surface area (Å²) in [5.41, 5.74) is 0.764. The average molecular weight is 487 g/mol. The van der Waals surface area contributed by atoms with Crippen LogP contribution in [0.15, 0.2) is 18.2 Å². The molecule has 0 bridgehead atoms. The third-order valence-corrected chi connectivity index (χ3v) is 7.30. The molecule has 2 atom stereocenters. The number of carbonyl (C=O) groups is 1. The van der Waals surface area contributed by atoms with Gasteiger partial charge in [0.05, 0.1) is 34.9 Å². The first-order chi connectivity index (χ1) is 13.1. The van der Waals surface area contributed by atoms with Crippen LogP contribution < -0.4 is 0 Å². The van der Waals surface area contributed by atoms with Crippen molar-refractivity contribution < 1.29 is 18.3 Å². The monoisotopic (exact) mass is 485 g/mol. The summed E-state index contributed by atoms with van der Waals surface area (Å²) in [6.07, 6.45) is 1.70. The van der Waals surface area contributed by atoms with Crippen LogP contribution in [0, 0.1) is 0 Å². The zero-order valence-corrected chi connectivity index (χ0v) is 19.3. The van der Waals surface area contributed by atoms with Gasteiger partial charge in [-0.05, 0) is 24.1 Å². The van der Waals surface area contributed by atoms with Crippen molar-refractivity contribution in [3.05, 3.63) is 33.8 Å². The number of nitrogens with zero attached hydrogens (tertiary/aromatic N) is 3. The highest BCUT2D eigenvalue weighted by Gasteiger charge is 2.36. The molecule has 11 heteroatoms. The number of aliphatic hydroxyl groups excluding tert-OH is 1. The number of hydrogen-bond donors (Lipinski definition) is 1. The summed E-state index contributed by atoms with van der Waals surface area (Å²) in [6, 6.07) is 4.85. The maximum Gasteiger partial charge on any atom is 0.227 e. The number of carbonyl (C=O) groups excluding carboxylic acids is 1. The number of amides is 1. The van der Waals surface area contributed by atoms with Crippen LogP contribution in [0.3, 0.4) is 0 Å². The van der Waals surface area contributed by atoms with Crippen LogP contribution in [-0.4, -0.2) is 91.2 Å². The minimum Gasteiger partial charge on any atom is -0.392 e. The quantitative estimate of drug-likeness (QED) is 0.682. The number of likely N-dealkylation sites (tertiary alicyclic amines) is 1. The van der Waals surface area contributed by atoms with E-state index in [2.05, 4.69) is 4.90 Å². The molecule has 0 aromatic heterocycles. The molecule has 3 rings (SSSR count). The molecular weight excluding hydrogens is 461 g/mol. The van der Waals surface area contributed by atoms with E-state index in [1.165, 1.54) is 10.6 Å². The van der Waals surface area contributed by atoms with E-state index >= 15 is 0 Å². The predicted octanol–water partition coefficient (Wildman–Crippen LogP) is 1.50. The van der Waals surface area contributed by atoms with Gasteiger partial charge in [0.15, 0.2) is 0 Å². The molecule has 2 saturated heterocycles. The maximum atomic E-state index is 13.0. The Hall–Kier alpha value is -0.610. The Kier molecular flexibility index (Phi) is 8.61. The highest BCUT2D eigenvalue weighted by atomic mass is 35.5. The van der Waals surface area contributed by atoms with Gasteiger partial charge in [0.2, 0.25) is 15.9 Å². The van der Waals surface area contributed by atoms with Gasteiger partial charge in [-0.1, -0.05) is 29.3 Å². The van der Waals surface area contributed by atoms with Crippen molar-refractivity contribution in [1.29, 1.82) is 0 Å². The van der Waals surface area contributed by atoms with Crippen molar-refractivity contribution in [3.63, 3.8) is 0 Å². The number of rotatable bonds is 5. The average Bonchev–Trinajstić information content (AvgIpc) is 3.02. The van der Waals surface area contributed by atoms with Crippen molar-refractivity contribution >= 4 is 51.5 Å². The highest BCUT2D eigenvalue weighted by Crippen LogP contribution is 2.24. The molecular formula is C18H26Cl3N3O4S. The van der Waals surface area contributed by atoms with E-state index in [0.29, 0.717) is 36.1 Å². The number of hydrogen-bond acceptors (Lipinski definition) is 5. The molecule has 1 N–H and O–H groups in total. The molecule has 0 spiro atoms. The van der Waals surface area contributed by atoms with Crippen LogP contribution in [0.1, 0.15) is 12.0 Å². The Morgan fingerprint density at radius 1 is 1.17 bits per heavy atom. The second-order valence-corrected chi connectivity index (χ2v) is 10.3. The summed E-state index contributed by atoms with van der Waals surface area (Å²) < 4.78 is 25.4. The van der Waals surface area contributed by atoms with Gasteiger partial charge in [-0.2, -0.15) is 4.31 Å². The van der Waals surface area contributed by atoms with Crippen LogP contribution in [0.2, 0.25) is 10.0 Å². The van der Waals surface area contributed by atoms with Gasteiger partial charge >= 0.3 is 0 Å². The summed E-state index contributed by atoms with van der Waals surface area (Å²) in [4.78, 5) is 16.8. The van der Waals surface area contributed by atoms with Gasteiger partial charge < -0.3 is 10.0 Å². The lowest BCUT2D eigenvalue weighted by molar-refractivity contribution is -0.135. The van der Waals surface area contributed by atoms with Gasteiger partial charge in [0, 0.05) is 39.3 Å². The molecule has 0 aliphatic carbocycles. The van der Waals surface area contributed by atoms with Crippen LogP contribution in [0.5, 0.6) is 0 Å². The Morgan fingerprint density at radius 2 is 1.90 bits per heavy atom. The van der Waals surface area contributed by atoms with Gasteiger partial charge in [-0.3, -0.25) is 9.69 Å². The van der Waals surface area contributed by atoms with Gasteiger partial charge in [0.25, 0.3) is 0 Å². The number of piperazine rings is 1. The third-order valence-electron chi connectivity index (χ3n) is 5.29. The largest absolute Gasteiger partial charge is 0.392 e. The molecule has 7 nitrogen and oxygen atoms in total. The zero-order chi connectivity index (χ0) is 20.5. The Balaban J connectivity index is 0.00000300. The number of benzene rings is 1. The molecule has 1 aromatic carbocycles. The first-order valence-corrected chi connectivity index (χ1v) is 11.8. The first kappa shape index (κ1) is 24.7. The van der Waals surface area contributed by atoms with E-state index in [-0.39, 0.29) is 50.0 Å². The lowest BCUT2D eigenvalue weighted by atomic mass is 10.1. The molecule has 2 aliphatic heterocycles. The molecule has 1 aromatic rings. The number of halogens is 3. The van der Waals surface area contributed by atoms with E-state index in [0.717, 1.165) is 12.1 Å². The standard InChI is InChI=1S/C18H25Cl2N3O4S.ClH/c1-28(26,27)22-6-7-23(14(11-22)10-21-5-4-15(24)12-21)18(25)9-13-2-3-16(19)17(20)8-13;/h2-3,8,14-15,24H,4-7,9-12H2,1H3;1H. The molecule has 164 valence electrons. The van der Waals surface area contributed by atoms with E-state index in [1.807, 2.05) is 0 Å². The third kappa shape index (κ3) is 6.43. The molecule has 2 unspecified atom stereocenters. The number of β-amino-alcohol motifs (C(OH)–C–C–N with tert-alkyl or cyclic N) is 1. The Bertz CT molecular complexity index is 840. The van der Waals surface area contributed by atoms with Crippen LogP contribution in [-0.2, 0) is 21.2 Å². The topological polar surface area (TPSA) is 81.2 Å². The van der Waals surface area contributed by atoms with Gasteiger partial charge in [0.1, 0.15) is 0 Å². The molecule has 2 aliphatic rings. The zero-order valence-electron chi connectivity index (χ0n) is 16.1. The highest BCUT2D eigenvalue weighted by molar-refractivity contribution is 7.88. The number of aliphatic hydroxyl groups is 1. The maximum absolute atomic E-state index is 13.0. The molecule has 2 heterocycles. The smallest absolute Gasteiger partial charge is 0.227 e. The van der Waals surface area contributed by atoms with Crippen molar-refractivity contribution in [2.75, 3.05) is 45.5 Å². The fraction of sp³-hybridized carbons (Fsp3) is 0.611. The molecule has 1 amide bonds. The second kappa shape index (κ2) is 10.1. The summed E-state index contributed by atoms with van der Waals surface area (Å²) in [5, 5.41) is 10.6. The second-order valence-electron chi connectivity index (χ2n) is 7.49. The van der Waals surface area contributed by atoms with Crippen molar-refractivity contribution in [1.82, 2.24) is 14.1 Å². The van der Waals surface area contributed by atoms with Gasteiger partial charge in [-0.25, -0.2) is 8.42 Å². The lowest BCUT2D eigenvalue weighted by Gasteiger charge is -2.42. The predicted molar refractivity (Wildman–Crippen MR) is 116 cm³/mol. The Labute approximate surface area is 188 Å². The van der Waals surface area contributed by atoms with E-state index in [1.54, 1.807) is 23.1 Å². The van der Waals surface area contributed by atoms with Gasteiger partial charge in [-0.15, -0.1) is 12.4 Å². The Morgan fingerprint density at radius 3 is 2.48 bits per heavy atom. The van der Waals surface area contributed by atoms with Crippen molar-refractivity contribution in [2.45, 2.75) is 25.0 Å². The van der Waals surface area contributed by atoms with Crippen LogP contribution in [0.4, 0.5) is 0 Å². The molecule has 2 fully saturated rings. The van der Waals surface area contributed by atoms with E-state index in [4.69, 9.17) is 23.2 Å². The van der Waals surface area contributed by atoms with Crippen LogP contribution >= 0.6 is 35.6 Å². The van der Waals surface area contributed by atoms with E-state index < -0.39 is 10.0 Å². The minimum atomic E-state index is -3.33. The molecule has 0 radical (unpaired) electrons. The normalized spacial score (nSPS) is 23.8. The minimum absolute atomic E-state index is 0. The van der Waals surface area contributed by atoms with Crippen molar-refractivity contribution in [2.24, 2.45) is 0 Å².